The van der Waals surface area contributed by atoms with Gasteiger partial charge in [-0.15, -0.1) is 0 Å². The zero-order chi connectivity index (χ0) is 16.4. The monoisotopic (exact) mass is 309 g/mol. The number of aromatic nitrogens is 1. The Bertz CT molecular complexity index is 436. The molecule has 0 saturated carbocycles. The fourth-order valence-corrected chi connectivity index (χ4v) is 2.00. The van der Waals surface area contributed by atoms with Crippen LogP contribution in [0.2, 0.25) is 0 Å². The summed E-state index contributed by atoms with van der Waals surface area (Å²) in [6.07, 6.45) is 2.48. The standard InChI is InChI=1S/C16H31N5O/c1-6-8-10-21(5)11-9-18-16(17-7-2)19-12-15-20-13(3)14(4)22-15/h6-12H2,1-5H3,(H2,17,18,19). The highest BCUT2D eigenvalue weighted by Gasteiger charge is 2.05. The maximum atomic E-state index is 5.55. The molecule has 0 radical (unpaired) electrons. The lowest BCUT2D eigenvalue weighted by Crippen LogP contribution is -2.41. The molecular weight excluding hydrogens is 278 g/mol. The number of aliphatic imine (C=N–C) groups is 1. The maximum absolute atomic E-state index is 5.55. The minimum absolute atomic E-state index is 0.454. The van der Waals surface area contributed by atoms with Gasteiger partial charge in [-0.25, -0.2) is 9.98 Å². The Kier molecular flexibility index (Phi) is 8.58. The molecule has 0 aliphatic rings. The van der Waals surface area contributed by atoms with Crippen LogP contribution < -0.4 is 10.6 Å². The first-order chi connectivity index (χ1) is 10.6. The molecule has 2 N–H and O–H groups in total. The average molecular weight is 309 g/mol. The number of nitrogens with zero attached hydrogens (tertiary/aromatic N) is 3. The van der Waals surface area contributed by atoms with Crippen LogP contribution in [0.3, 0.4) is 0 Å². The molecule has 0 aliphatic heterocycles. The summed E-state index contributed by atoms with van der Waals surface area (Å²) in [5.41, 5.74) is 0.931. The largest absolute Gasteiger partial charge is 0.444 e. The summed E-state index contributed by atoms with van der Waals surface area (Å²) in [5, 5.41) is 6.59. The van der Waals surface area contributed by atoms with Crippen molar-refractivity contribution in [3.05, 3.63) is 17.3 Å². The molecule has 0 unspecified atom stereocenters. The van der Waals surface area contributed by atoms with Crippen molar-refractivity contribution in [2.24, 2.45) is 4.99 Å². The van der Waals surface area contributed by atoms with Gasteiger partial charge in [-0.1, -0.05) is 13.3 Å². The van der Waals surface area contributed by atoms with Crippen LogP contribution in [0, 0.1) is 13.8 Å². The van der Waals surface area contributed by atoms with Crippen LogP contribution in [-0.4, -0.2) is 49.1 Å². The van der Waals surface area contributed by atoms with E-state index < -0.39 is 0 Å². The van der Waals surface area contributed by atoms with Gasteiger partial charge in [0.15, 0.2) is 5.96 Å². The minimum atomic E-state index is 0.454. The summed E-state index contributed by atoms with van der Waals surface area (Å²) in [5.74, 6) is 2.33. The van der Waals surface area contributed by atoms with Crippen molar-refractivity contribution in [3.63, 3.8) is 0 Å². The summed E-state index contributed by atoms with van der Waals surface area (Å²) >= 11 is 0. The molecule has 0 saturated heterocycles. The number of guanidine groups is 1. The highest BCUT2D eigenvalue weighted by molar-refractivity contribution is 5.79. The molecule has 6 heteroatoms. The van der Waals surface area contributed by atoms with Gasteiger partial charge >= 0.3 is 0 Å². The summed E-state index contributed by atoms with van der Waals surface area (Å²) < 4.78 is 5.55. The molecule has 1 heterocycles. The molecule has 1 aromatic rings. The van der Waals surface area contributed by atoms with Gasteiger partial charge in [-0.2, -0.15) is 0 Å². The second kappa shape index (κ2) is 10.2. The molecule has 6 nitrogen and oxygen atoms in total. The van der Waals surface area contributed by atoms with Crippen LogP contribution in [0.25, 0.3) is 0 Å². The second-order valence-corrected chi connectivity index (χ2v) is 5.53. The van der Waals surface area contributed by atoms with Gasteiger partial charge < -0.3 is 20.0 Å². The van der Waals surface area contributed by atoms with E-state index in [4.69, 9.17) is 4.42 Å². The number of aryl methyl sites for hydroxylation is 2. The van der Waals surface area contributed by atoms with E-state index in [-0.39, 0.29) is 0 Å². The Labute approximate surface area is 134 Å². The third kappa shape index (κ3) is 6.93. The van der Waals surface area contributed by atoms with Crippen molar-refractivity contribution in [3.8, 4) is 0 Å². The lowest BCUT2D eigenvalue weighted by Gasteiger charge is -2.17. The third-order valence-electron chi connectivity index (χ3n) is 3.47. The van der Waals surface area contributed by atoms with Crippen LogP contribution in [0.15, 0.2) is 9.41 Å². The summed E-state index contributed by atoms with van der Waals surface area (Å²) in [6, 6.07) is 0. The molecular formula is C16H31N5O. The lowest BCUT2D eigenvalue weighted by atomic mass is 10.3. The van der Waals surface area contributed by atoms with E-state index in [1.165, 1.54) is 12.8 Å². The summed E-state index contributed by atoms with van der Waals surface area (Å²) in [6.45, 7) is 12.4. The number of likely N-dealkylation sites (N-methyl/N-ethyl adjacent to an activating group) is 1. The van der Waals surface area contributed by atoms with Crippen LogP contribution in [0.4, 0.5) is 0 Å². The first-order valence-electron chi connectivity index (χ1n) is 8.20. The predicted molar refractivity (Wildman–Crippen MR) is 91.2 cm³/mol. The van der Waals surface area contributed by atoms with Gasteiger partial charge in [-0.3, -0.25) is 0 Å². The summed E-state index contributed by atoms with van der Waals surface area (Å²) in [7, 11) is 2.15. The molecule has 22 heavy (non-hydrogen) atoms. The number of hydrogen-bond acceptors (Lipinski definition) is 4. The Morgan fingerprint density at radius 3 is 2.59 bits per heavy atom. The smallest absolute Gasteiger partial charge is 0.216 e. The van der Waals surface area contributed by atoms with E-state index in [9.17, 15) is 0 Å². The molecule has 0 spiro atoms. The van der Waals surface area contributed by atoms with Gasteiger partial charge in [0.2, 0.25) is 5.89 Å². The number of rotatable bonds is 9. The maximum Gasteiger partial charge on any atom is 0.216 e. The highest BCUT2D eigenvalue weighted by atomic mass is 16.4. The predicted octanol–water partition coefficient (Wildman–Crippen LogP) is 2.08. The molecule has 0 atom stereocenters. The van der Waals surface area contributed by atoms with Gasteiger partial charge in [0.25, 0.3) is 0 Å². The second-order valence-electron chi connectivity index (χ2n) is 5.53. The molecule has 0 aromatic carbocycles. The molecule has 126 valence electrons. The van der Waals surface area contributed by atoms with E-state index in [1.54, 1.807) is 0 Å². The topological polar surface area (TPSA) is 65.7 Å². The molecule has 1 rings (SSSR count). The van der Waals surface area contributed by atoms with Crippen molar-refractivity contribution in [2.75, 3.05) is 33.2 Å². The van der Waals surface area contributed by atoms with E-state index in [0.29, 0.717) is 12.4 Å². The zero-order valence-corrected chi connectivity index (χ0v) is 14.7. The van der Waals surface area contributed by atoms with Crippen LogP contribution in [-0.2, 0) is 6.54 Å². The van der Waals surface area contributed by atoms with Crippen molar-refractivity contribution >= 4 is 5.96 Å². The Balaban J connectivity index is 2.41. The highest BCUT2D eigenvalue weighted by Crippen LogP contribution is 2.08. The van der Waals surface area contributed by atoms with E-state index in [1.807, 2.05) is 13.8 Å². The molecule has 1 aromatic heterocycles. The van der Waals surface area contributed by atoms with E-state index in [0.717, 1.165) is 43.6 Å². The van der Waals surface area contributed by atoms with E-state index in [2.05, 4.69) is 46.4 Å². The number of oxazole rings is 1. The van der Waals surface area contributed by atoms with Crippen molar-refractivity contribution in [1.82, 2.24) is 20.5 Å². The molecule has 0 bridgehead atoms. The average Bonchev–Trinajstić information content (AvgIpc) is 2.81. The zero-order valence-electron chi connectivity index (χ0n) is 14.7. The Morgan fingerprint density at radius 1 is 1.23 bits per heavy atom. The summed E-state index contributed by atoms with van der Waals surface area (Å²) in [4.78, 5) is 11.2. The van der Waals surface area contributed by atoms with Crippen LogP contribution >= 0.6 is 0 Å². The van der Waals surface area contributed by atoms with E-state index >= 15 is 0 Å². The first-order valence-corrected chi connectivity index (χ1v) is 8.20. The lowest BCUT2D eigenvalue weighted by molar-refractivity contribution is 0.332. The first kappa shape index (κ1) is 18.5. The third-order valence-corrected chi connectivity index (χ3v) is 3.47. The Morgan fingerprint density at radius 2 is 2.00 bits per heavy atom. The molecule has 0 amide bonds. The fourth-order valence-electron chi connectivity index (χ4n) is 2.00. The number of unbranched alkanes of at least 4 members (excludes halogenated alkanes) is 1. The van der Waals surface area contributed by atoms with Crippen molar-refractivity contribution < 1.29 is 4.42 Å². The van der Waals surface area contributed by atoms with Crippen LogP contribution in [0.5, 0.6) is 0 Å². The molecule has 0 aliphatic carbocycles. The van der Waals surface area contributed by atoms with Crippen LogP contribution in [0.1, 0.15) is 44.0 Å². The van der Waals surface area contributed by atoms with Gasteiger partial charge in [0.1, 0.15) is 12.3 Å². The molecule has 0 fully saturated rings. The fraction of sp³-hybridized carbons (Fsp3) is 0.750. The SMILES string of the molecule is CCCCN(C)CCNC(=NCc1nc(C)c(C)o1)NCC. The quantitative estimate of drug-likeness (QED) is 0.540. The number of hydrogen-bond donors (Lipinski definition) is 2. The normalized spacial score (nSPS) is 12.0. The van der Waals surface area contributed by atoms with Crippen molar-refractivity contribution in [1.29, 1.82) is 0 Å². The Hall–Kier alpha value is -1.56. The number of nitrogens with one attached hydrogen (secondary N) is 2. The van der Waals surface area contributed by atoms with Gasteiger partial charge in [0.05, 0.1) is 5.69 Å². The minimum Gasteiger partial charge on any atom is -0.444 e. The van der Waals surface area contributed by atoms with Gasteiger partial charge in [-0.05, 0) is 40.8 Å². The van der Waals surface area contributed by atoms with Gasteiger partial charge in [0, 0.05) is 19.6 Å². The van der Waals surface area contributed by atoms with Crippen molar-refractivity contribution in [2.45, 2.75) is 47.1 Å².